The van der Waals surface area contributed by atoms with Gasteiger partial charge >= 0.3 is 0 Å². The molecule has 4 heterocycles. The Morgan fingerprint density at radius 1 is 0.385 bits per heavy atom. The predicted molar refractivity (Wildman–Crippen MR) is 217 cm³/mol. The summed E-state index contributed by atoms with van der Waals surface area (Å²) < 4.78 is 4.87. The van der Waals surface area contributed by atoms with Crippen molar-refractivity contribution < 1.29 is 0 Å². The van der Waals surface area contributed by atoms with Crippen molar-refractivity contribution >= 4 is 81.7 Å². The van der Waals surface area contributed by atoms with E-state index in [9.17, 15) is 0 Å². The monoisotopic (exact) mass is 660 g/mol. The first kappa shape index (κ1) is 27.7. The van der Waals surface area contributed by atoms with Crippen LogP contribution in [0.5, 0.6) is 0 Å². The second kappa shape index (κ2) is 10.3. The summed E-state index contributed by atoms with van der Waals surface area (Å²) in [5.41, 5.74) is 11.9. The Morgan fingerprint density at radius 2 is 1.04 bits per heavy atom. The average molecular weight is 661 g/mol. The molecule has 240 valence electrons. The van der Waals surface area contributed by atoms with E-state index in [1.54, 1.807) is 0 Å². The number of hydrogen-bond donors (Lipinski definition) is 0. The van der Waals surface area contributed by atoms with Crippen molar-refractivity contribution in [2.45, 2.75) is 0 Å². The first-order valence-electron chi connectivity index (χ1n) is 17.8. The van der Waals surface area contributed by atoms with Gasteiger partial charge in [0.05, 0.1) is 38.6 Å². The van der Waals surface area contributed by atoms with Crippen molar-refractivity contribution in [3.05, 3.63) is 170 Å². The fourth-order valence-corrected chi connectivity index (χ4v) is 8.88. The summed E-state index contributed by atoms with van der Waals surface area (Å²) in [5.74, 6) is 0.821. The van der Waals surface area contributed by atoms with E-state index in [0.717, 1.165) is 49.9 Å². The Kier molecular flexibility index (Phi) is 5.47. The van der Waals surface area contributed by atoms with Crippen molar-refractivity contribution in [3.8, 4) is 28.2 Å². The zero-order valence-corrected chi connectivity index (χ0v) is 28.0. The van der Waals surface area contributed by atoms with Crippen LogP contribution in [0.2, 0.25) is 0 Å². The van der Waals surface area contributed by atoms with Gasteiger partial charge in [-0.2, -0.15) is 0 Å². The van der Waals surface area contributed by atoms with Gasteiger partial charge in [-0.3, -0.25) is 4.57 Å². The molecule has 0 radical (unpaired) electrons. The van der Waals surface area contributed by atoms with Gasteiger partial charge in [-0.1, -0.05) is 140 Å². The quantitative estimate of drug-likeness (QED) is 0.177. The summed E-state index contributed by atoms with van der Waals surface area (Å²) in [5, 5.41) is 9.67. The average Bonchev–Trinajstić information content (AvgIpc) is 3.69. The zero-order chi connectivity index (χ0) is 33.9. The van der Waals surface area contributed by atoms with Gasteiger partial charge in [-0.25, -0.2) is 9.97 Å². The summed E-state index contributed by atoms with van der Waals surface area (Å²) in [6, 6.07) is 61.0. The second-order valence-corrected chi connectivity index (χ2v) is 13.7. The first-order chi connectivity index (χ1) is 25.8. The molecular weight excluding hydrogens is 633 g/mol. The lowest BCUT2D eigenvalue weighted by molar-refractivity contribution is 1.08. The van der Waals surface area contributed by atoms with Gasteiger partial charge < -0.3 is 4.40 Å². The minimum atomic E-state index is 0.821. The molecule has 0 bridgehead atoms. The molecule has 52 heavy (non-hydrogen) atoms. The molecule has 0 saturated heterocycles. The van der Waals surface area contributed by atoms with E-state index in [1.807, 2.05) is 0 Å². The molecule has 4 aromatic heterocycles. The number of aromatic nitrogens is 4. The Bertz CT molecular complexity index is 3390. The predicted octanol–water partition coefficient (Wildman–Crippen LogP) is 12.4. The third-order valence-electron chi connectivity index (χ3n) is 11.0. The molecule has 0 atom stereocenters. The van der Waals surface area contributed by atoms with Gasteiger partial charge in [0.2, 0.25) is 0 Å². The van der Waals surface area contributed by atoms with E-state index in [1.165, 1.54) is 60.0 Å². The molecule has 12 rings (SSSR count). The summed E-state index contributed by atoms with van der Waals surface area (Å²) in [6.45, 7) is 0. The molecule has 0 amide bonds. The van der Waals surface area contributed by atoms with Gasteiger partial charge in [0.25, 0.3) is 0 Å². The third-order valence-corrected chi connectivity index (χ3v) is 11.0. The lowest BCUT2D eigenvalue weighted by Gasteiger charge is -2.15. The molecule has 0 N–H and O–H groups in total. The van der Waals surface area contributed by atoms with Crippen LogP contribution in [0.3, 0.4) is 0 Å². The normalized spacial score (nSPS) is 12.2. The number of para-hydroxylation sites is 2. The second-order valence-electron chi connectivity index (χ2n) is 13.7. The van der Waals surface area contributed by atoms with E-state index in [4.69, 9.17) is 9.97 Å². The van der Waals surface area contributed by atoms with Crippen LogP contribution in [-0.2, 0) is 0 Å². The molecular formula is C48H28N4. The molecule has 0 saturated carbocycles. The Hall–Kier alpha value is -7.04. The maximum atomic E-state index is 5.62. The van der Waals surface area contributed by atoms with Gasteiger partial charge in [0, 0.05) is 43.3 Å². The topological polar surface area (TPSA) is 35.1 Å². The fraction of sp³-hybridized carbons (Fsp3) is 0. The van der Waals surface area contributed by atoms with Crippen LogP contribution in [0, 0.1) is 0 Å². The summed E-state index contributed by atoms with van der Waals surface area (Å²) >= 11 is 0. The molecule has 12 aromatic rings. The van der Waals surface area contributed by atoms with Crippen LogP contribution in [0.15, 0.2) is 170 Å². The number of nitrogens with zero attached hydrogens (tertiary/aromatic N) is 4. The van der Waals surface area contributed by atoms with Crippen molar-refractivity contribution in [3.63, 3.8) is 0 Å². The van der Waals surface area contributed by atoms with E-state index in [2.05, 4.69) is 179 Å². The summed E-state index contributed by atoms with van der Waals surface area (Å²) in [6.07, 6.45) is 0. The van der Waals surface area contributed by atoms with Crippen LogP contribution in [0.4, 0.5) is 0 Å². The molecule has 0 aliphatic rings. The highest BCUT2D eigenvalue weighted by Gasteiger charge is 2.26. The van der Waals surface area contributed by atoms with Gasteiger partial charge in [0.1, 0.15) is 5.69 Å². The van der Waals surface area contributed by atoms with E-state index in [0.29, 0.717) is 0 Å². The van der Waals surface area contributed by atoms with E-state index < -0.39 is 0 Å². The van der Waals surface area contributed by atoms with Gasteiger partial charge in [0.15, 0.2) is 5.82 Å². The van der Waals surface area contributed by atoms with Crippen LogP contribution in [0.1, 0.15) is 0 Å². The highest BCUT2D eigenvalue weighted by Crippen LogP contribution is 2.47. The number of rotatable bonds is 3. The Labute approximate surface area is 297 Å². The molecule has 0 spiro atoms. The molecule has 4 nitrogen and oxygen atoms in total. The van der Waals surface area contributed by atoms with Gasteiger partial charge in [-0.15, -0.1) is 0 Å². The van der Waals surface area contributed by atoms with Crippen molar-refractivity contribution in [2.24, 2.45) is 0 Å². The maximum absolute atomic E-state index is 5.62. The first-order valence-corrected chi connectivity index (χ1v) is 17.8. The molecule has 0 aliphatic heterocycles. The number of fused-ring (bicyclic) bond motifs is 8. The highest BCUT2D eigenvalue weighted by molar-refractivity contribution is 6.33. The van der Waals surface area contributed by atoms with Crippen LogP contribution in [-0.4, -0.2) is 18.9 Å². The summed E-state index contributed by atoms with van der Waals surface area (Å²) in [4.78, 5) is 11.0. The smallest absolute Gasteiger partial charge is 0.165 e. The number of hydrogen-bond acceptors (Lipinski definition) is 2. The number of benzene rings is 8. The SMILES string of the molecule is c1ccc(-c2nc3ccc4ccccc4c3nc2-n2c3ccc(-c4ccccc4)c4c5cccc6c7ccccc7n(c7cccc2c7c43)c65)cc1. The van der Waals surface area contributed by atoms with E-state index in [-0.39, 0.29) is 0 Å². The highest BCUT2D eigenvalue weighted by atomic mass is 15.1. The Morgan fingerprint density at radius 3 is 1.90 bits per heavy atom. The van der Waals surface area contributed by atoms with Crippen molar-refractivity contribution in [2.75, 3.05) is 0 Å². The van der Waals surface area contributed by atoms with E-state index >= 15 is 0 Å². The third kappa shape index (κ3) is 3.60. The van der Waals surface area contributed by atoms with Crippen LogP contribution >= 0.6 is 0 Å². The molecule has 4 heteroatoms. The zero-order valence-electron chi connectivity index (χ0n) is 28.0. The largest absolute Gasteiger partial charge is 0.308 e. The molecule has 8 aromatic carbocycles. The molecule has 0 unspecified atom stereocenters. The lowest BCUT2D eigenvalue weighted by atomic mass is 9.95. The minimum Gasteiger partial charge on any atom is -0.308 e. The van der Waals surface area contributed by atoms with Gasteiger partial charge in [-0.05, 0) is 46.8 Å². The molecule has 0 aliphatic carbocycles. The summed E-state index contributed by atoms with van der Waals surface area (Å²) in [7, 11) is 0. The van der Waals surface area contributed by atoms with Crippen molar-refractivity contribution in [1.82, 2.24) is 18.9 Å². The van der Waals surface area contributed by atoms with Crippen molar-refractivity contribution in [1.29, 1.82) is 0 Å². The van der Waals surface area contributed by atoms with Crippen LogP contribution < -0.4 is 0 Å². The standard InChI is InChI=1S/C48H28N4/c1-3-13-29(14-4-1)32-26-28-41-44-42(32)36-21-11-20-35-34-19-9-10-22-38(34)51(47(35)36)39-23-12-24-40(43(39)44)52(41)48-45(31-16-5-2-6-17-31)49-37-27-25-30-15-7-8-18-33(30)46(37)50-48/h1-28H. The Balaban J connectivity index is 1.36. The lowest BCUT2D eigenvalue weighted by Crippen LogP contribution is -2.04. The molecule has 0 fully saturated rings. The van der Waals surface area contributed by atoms with Crippen LogP contribution in [0.25, 0.3) is 110 Å². The fourth-order valence-electron chi connectivity index (χ4n) is 8.88. The maximum Gasteiger partial charge on any atom is 0.165 e. The minimum absolute atomic E-state index is 0.821.